The van der Waals surface area contributed by atoms with Crippen LogP contribution in [0.15, 0.2) is 42.7 Å². The van der Waals surface area contributed by atoms with Gasteiger partial charge in [0, 0.05) is 12.4 Å². The molecule has 24 heavy (non-hydrogen) atoms. The molecule has 2 heterocycles. The van der Waals surface area contributed by atoms with Crippen LogP contribution in [0.1, 0.15) is 24.2 Å². The summed E-state index contributed by atoms with van der Waals surface area (Å²) in [6.07, 6.45) is 3.20. The van der Waals surface area contributed by atoms with Crippen LogP contribution in [0, 0.1) is 12.7 Å². The van der Waals surface area contributed by atoms with E-state index in [4.69, 9.17) is 4.74 Å². The molecule has 0 N–H and O–H groups in total. The normalized spacial score (nSPS) is 12.0. The molecule has 122 valence electrons. The van der Waals surface area contributed by atoms with Crippen molar-refractivity contribution in [1.82, 2.24) is 19.7 Å². The predicted octanol–water partition coefficient (Wildman–Crippen LogP) is 2.93. The van der Waals surface area contributed by atoms with Gasteiger partial charge in [-0.15, -0.1) is 0 Å². The SMILES string of the molecule is Cc1nn(C(C)c2ccc(F)cc2)c(-c2ncccn2)c1OC=O. The van der Waals surface area contributed by atoms with Gasteiger partial charge in [0.15, 0.2) is 11.6 Å². The largest absolute Gasteiger partial charge is 0.424 e. The van der Waals surface area contributed by atoms with Gasteiger partial charge in [-0.2, -0.15) is 5.10 Å². The quantitative estimate of drug-likeness (QED) is 0.674. The summed E-state index contributed by atoms with van der Waals surface area (Å²) in [5.41, 5.74) is 1.89. The van der Waals surface area contributed by atoms with Gasteiger partial charge in [0.2, 0.25) is 0 Å². The molecule has 3 aromatic rings. The Hall–Kier alpha value is -3.09. The second kappa shape index (κ2) is 6.57. The second-order valence-electron chi connectivity index (χ2n) is 5.22. The minimum Gasteiger partial charge on any atom is -0.424 e. The average Bonchev–Trinajstić information content (AvgIpc) is 2.93. The Morgan fingerprint density at radius 1 is 1.21 bits per heavy atom. The number of nitrogens with zero attached hydrogens (tertiary/aromatic N) is 4. The van der Waals surface area contributed by atoms with Crippen molar-refractivity contribution in [1.29, 1.82) is 0 Å². The Kier molecular flexibility index (Phi) is 4.33. The number of carbonyl (C=O) groups excluding carboxylic acids is 1. The molecule has 0 saturated heterocycles. The summed E-state index contributed by atoms with van der Waals surface area (Å²) in [4.78, 5) is 19.3. The van der Waals surface area contributed by atoms with E-state index in [9.17, 15) is 9.18 Å². The first-order valence-corrected chi connectivity index (χ1v) is 7.34. The molecular formula is C17H15FN4O2. The van der Waals surface area contributed by atoms with Crippen LogP contribution in [-0.4, -0.2) is 26.2 Å². The van der Waals surface area contributed by atoms with Crippen LogP contribution in [-0.2, 0) is 4.79 Å². The smallest absolute Gasteiger partial charge is 0.298 e. The maximum atomic E-state index is 13.2. The topological polar surface area (TPSA) is 69.9 Å². The molecule has 0 spiro atoms. The molecule has 0 amide bonds. The highest BCUT2D eigenvalue weighted by Crippen LogP contribution is 2.34. The van der Waals surface area contributed by atoms with Crippen LogP contribution in [0.4, 0.5) is 4.39 Å². The summed E-state index contributed by atoms with van der Waals surface area (Å²) in [7, 11) is 0. The lowest BCUT2D eigenvalue weighted by Crippen LogP contribution is -2.11. The number of aromatic nitrogens is 4. The molecule has 1 aromatic carbocycles. The lowest BCUT2D eigenvalue weighted by atomic mass is 10.1. The molecule has 0 fully saturated rings. The van der Waals surface area contributed by atoms with Gasteiger partial charge >= 0.3 is 0 Å². The number of hydrogen-bond donors (Lipinski definition) is 0. The second-order valence-corrected chi connectivity index (χ2v) is 5.22. The van der Waals surface area contributed by atoms with Crippen LogP contribution in [0.3, 0.4) is 0 Å². The standard InChI is InChI=1S/C17H15FN4O2/c1-11-16(24-10-23)15(17-19-8-3-9-20-17)22(21-11)12(2)13-4-6-14(18)7-5-13/h3-10,12H,1-2H3. The third-order valence-corrected chi connectivity index (χ3v) is 3.69. The Morgan fingerprint density at radius 2 is 1.88 bits per heavy atom. The van der Waals surface area contributed by atoms with E-state index in [2.05, 4.69) is 15.1 Å². The summed E-state index contributed by atoms with van der Waals surface area (Å²) in [5.74, 6) is 0.397. The van der Waals surface area contributed by atoms with Crippen molar-refractivity contribution in [2.75, 3.05) is 0 Å². The molecule has 2 aromatic heterocycles. The van der Waals surface area contributed by atoms with Crippen molar-refractivity contribution in [3.8, 4) is 17.3 Å². The molecule has 0 saturated carbocycles. The monoisotopic (exact) mass is 326 g/mol. The number of halogens is 1. The number of ether oxygens (including phenoxy) is 1. The number of rotatable bonds is 5. The van der Waals surface area contributed by atoms with E-state index in [1.54, 1.807) is 42.2 Å². The third kappa shape index (κ3) is 2.88. The highest BCUT2D eigenvalue weighted by Gasteiger charge is 2.24. The Balaban J connectivity index is 2.15. The minimum atomic E-state index is -0.306. The van der Waals surface area contributed by atoms with E-state index in [1.807, 2.05) is 6.92 Å². The first-order chi connectivity index (χ1) is 11.6. The zero-order chi connectivity index (χ0) is 17.1. The minimum absolute atomic E-state index is 0.230. The summed E-state index contributed by atoms with van der Waals surface area (Å²) in [6, 6.07) is 7.63. The van der Waals surface area contributed by atoms with Gasteiger partial charge in [0.05, 0.1) is 6.04 Å². The van der Waals surface area contributed by atoms with Crippen LogP contribution in [0.5, 0.6) is 5.75 Å². The lowest BCUT2D eigenvalue weighted by molar-refractivity contribution is -0.120. The van der Waals surface area contributed by atoms with Crippen molar-refractivity contribution in [2.45, 2.75) is 19.9 Å². The summed E-state index contributed by atoms with van der Waals surface area (Å²) < 4.78 is 19.9. The van der Waals surface area contributed by atoms with Crippen molar-refractivity contribution in [3.63, 3.8) is 0 Å². The highest BCUT2D eigenvalue weighted by molar-refractivity contribution is 5.65. The van der Waals surface area contributed by atoms with Crippen LogP contribution >= 0.6 is 0 Å². The van der Waals surface area contributed by atoms with Gasteiger partial charge in [-0.3, -0.25) is 9.48 Å². The van der Waals surface area contributed by atoms with E-state index in [0.717, 1.165) is 5.56 Å². The number of hydrogen-bond acceptors (Lipinski definition) is 5. The number of carbonyl (C=O) groups is 1. The van der Waals surface area contributed by atoms with Gasteiger partial charge in [-0.05, 0) is 37.6 Å². The summed E-state index contributed by atoms with van der Waals surface area (Å²) in [5, 5.41) is 4.46. The van der Waals surface area contributed by atoms with Crippen LogP contribution in [0.2, 0.25) is 0 Å². The molecule has 0 radical (unpaired) electrons. The van der Waals surface area contributed by atoms with Crippen molar-refractivity contribution < 1.29 is 13.9 Å². The molecule has 1 unspecified atom stereocenters. The summed E-state index contributed by atoms with van der Waals surface area (Å²) >= 11 is 0. The molecule has 3 rings (SSSR count). The van der Waals surface area contributed by atoms with Gasteiger partial charge in [-0.1, -0.05) is 12.1 Å². The van der Waals surface area contributed by atoms with Crippen molar-refractivity contribution in [2.24, 2.45) is 0 Å². The van der Waals surface area contributed by atoms with Crippen LogP contribution < -0.4 is 4.74 Å². The van der Waals surface area contributed by atoms with Gasteiger partial charge in [-0.25, -0.2) is 14.4 Å². The molecule has 1 atom stereocenters. The molecular weight excluding hydrogens is 311 g/mol. The predicted molar refractivity (Wildman–Crippen MR) is 84.9 cm³/mol. The Morgan fingerprint density at radius 3 is 2.50 bits per heavy atom. The maximum Gasteiger partial charge on any atom is 0.298 e. The fraction of sp³-hybridized carbons (Fsp3) is 0.176. The van der Waals surface area contributed by atoms with E-state index in [-0.39, 0.29) is 11.9 Å². The molecule has 0 aliphatic carbocycles. The first-order valence-electron chi connectivity index (χ1n) is 7.34. The third-order valence-electron chi connectivity index (χ3n) is 3.69. The lowest BCUT2D eigenvalue weighted by Gasteiger charge is -2.15. The van der Waals surface area contributed by atoms with Crippen molar-refractivity contribution in [3.05, 3.63) is 59.8 Å². The highest BCUT2D eigenvalue weighted by atomic mass is 19.1. The average molecular weight is 326 g/mol. The number of aryl methyl sites for hydroxylation is 1. The molecule has 7 heteroatoms. The van der Waals surface area contributed by atoms with Crippen molar-refractivity contribution >= 4 is 6.47 Å². The van der Waals surface area contributed by atoms with E-state index < -0.39 is 0 Å². The van der Waals surface area contributed by atoms with Gasteiger partial charge in [0.25, 0.3) is 6.47 Å². The van der Waals surface area contributed by atoms with Crippen LogP contribution in [0.25, 0.3) is 11.5 Å². The zero-order valence-electron chi connectivity index (χ0n) is 13.2. The molecule has 0 bridgehead atoms. The fourth-order valence-electron chi connectivity index (χ4n) is 2.51. The zero-order valence-corrected chi connectivity index (χ0v) is 13.2. The van der Waals surface area contributed by atoms with E-state index in [0.29, 0.717) is 29.4 Å². The number of benzene rings is 1. The molecule has 0 aliphatic heterocycles. The summed E-state index contributed by atoms with van der Waals surface area (Å²) in [6.45, 7) is 4.00. The molecule has 6 nitrogen and oxygen atoms in total. The molecule has 0 aliphatic rings. The first kappa shape index (κ1) is 15.8. The van der Waals surface area contributed by atoms with E-state index in [1.165, 1.54) is 12.1 Å². The maximum absolute atomic E-state index is 13.2. The Bertz CT molecular complexity index is 847. The van der Waals surface area contributed by atoms with Gasteiger partial charge in [0.1, 0.15) is 17.2 Å². The fourth-order valence-corrected chi connectivity index (χ4v) is 2.51. The van der Waals surface area contributed by atoms with E-state index >= 15 is 0 Å². The Labute approximate surface area is 137 Å². The van der Waals surface area contributed by atoms with Gasteiger partial charge < -0.3 is 4.74 Å².